The summed E-state index contributed by atoms with van der Waals surface area (Å²) in [4.78, 5) is 0. The van der Waals surface area contributed by atoms with Crippen LogP contribution in [0.2, 0.25) is 0 Å². The Morgan fingerprint density at radius 3 is 1.77 bits per heavy atom. The number of methoxy groups -OCH3 is 2. The standard InChI is InChI=1S/C26H29NO3.ClH/c1-29-25-13-14-26(30-2)21-16-24(28)23(15-20(21)25)27-17-22(18-9-5-3-6-10-18)19-11-7-4-8-12-19;/h3-14,22-24,27-28H,15-17H2,1-2H3;1H/t23-,24-;/m0./s1. The van der Waals surface area contributed by atoms with E-state index in [1.165, 1.54) is 11.1 Å². The van der Waals surface area contributed by atoms with Crippen LogP contribution in [-0.4, -0.2) is 38.0 Å². The van der Waals surface area contributed by atoms with Crippen molar-refractivity contribution in [2.45, 2.75) is 30.9 Å². The van der Waals surface area contributed by atoms with Crippen LogP contribution in [-0.2, 0) is 12.8 Å². The Kier molecular flexibility index (Phi) is 7.97. The number of halogens is 1. The van der Waals surface area contributed by atoms with Gasteiger partial charge in [0.25, 0.3) is 0 Å². The molecule has 0 unspecified atom stereocenters. The molecule has 0 aliphatic heterocycles. The molecule has 1 aliphatic rings. The van der Waals surface area contributed by atoms with Crippen LogP contribution in [0.4, 0.5) is 0 Å². The third-order valence-corrected chi connectivity index (χ3v) is 6.07. The Morgan fingerprint density at radius 1 is 0.806 bits per heavy atom. The minimum atomic E-state index is -0.481. The summed E-state index contributed by atoms with van der Waals surface area (Å²) in [6.45, 7) is 0.747. The first-order valence-corrected chi connectivity index (χ1v) is 10.4. The van der Waals surface area contributed by atoms with Crippen molar-refractivity contribution in [3.05, 3.63) is 95.1 Å². The number of aliphatic hydroxyl groups is 1. The molecule has 0 saturated carbocycles. The first-order chi connectivity index (χ1) is 14.7. The van der Waals surface area contributed by atoms with Crippen molar-refractivity contribution in [1.29, 1.82) is 0 Å². The first kappa shape index (κ1) is 23.1. The van der Waals surface area contributed by atoms with Gasteiger partial charge in [0, 0.05) is 36.1 Å². The maximum absolute atomic E-state index is 10.9. The van der Waals surface area contributed by atoms with Crippen molar-refractivity contribution in [3.8, 4) is 11.5 Å². The summed E-state index contributed by atoms with van der Waals surface area (Å²) in [6.07, 6.45) is 0.771. The number of hydrogen-bond donors (Lipinski definition) is 2. The van der Waals surface area contributed by atoms with Crippen molar-refractivity contribution in [2.75, 3.05) is 20.8 Å². The summed E-state index contributed by atoms with van der Waals surface area (Å²) in [5, 5.41) is 14.5. The van der Waals surface area contributed by atoms with E-state index < -0.39 is 6.10 Å². The van der Waals surface area contributed by atoms with E-state index in [1.54, 1.807) is 14.2 Å². The highest BCUT2D eigenvalue weighted by Crippen LogP contribution is 2.36. The van der Waals surface area contributed by atoms with Gasteiger partial charge in [-0.15, -0.1) is 12.4 Å². The fraction of sp³-hybridized carbons (Fsp3) is 0.308. The monoisotopic (exact) mass is 439 g/mol. The molecular weight excluding hydrogens is 410 g/mol. The number of ether oxygens (including phenoxy) is 2. The molecule has 0 aromatic heterocycles. The summed E-state index contributed by atoms with van der Waals surface area (Å²) in [5.41, 5.74) is 4.70. The molecule has 0 fully saturated rings. The molecule has 3 aromatic carbocycles. The Balaban J connectivity index is 0.00000272. The van der Waals surface area contributed by atoms with Crippen molar-refractivity contribution >= 4 is 12.4 Å². The van der Waals surface area contributed by atoms with E-state index in [2.05, 4.69) is 53.8 Å². The number of hydrogen-bond acceptors (Lipinski definition) is 4. The molecule has 0 spiro atoms. The minimum absolute atomic E-state index is 0. The Bertz CT molecular complexity index is 926. The highest BCUT2D eigenvalue weighted by molar-refractivity contribution is 5.85. The highest BCUT2D eigenvalue weighted by atomic mass is 35.5. The zero-order valence-corrected chi connectivity index (χ0v) is 18.8. The SMILES string of the molecule is COc1ccc(OC)c2c1C[C@H](NCC(c1ccccc1)c1ccccc1)[C@@H](O)C2.Cl. The van der Waals surface area contributed by atoms with Crippen LogP contribution in [0, 0.1) is 0 Å². The molecule has 0 bridgehead atoms. The topological polar surface area (TPSA) is 50.7 Å². The maximum Gasteiger partial charge on any atom is 0.122 e. The van der Waals surface area contributed by atoms with Crippen LogP contribution in [0.15, 0.2) is 72.8 Å². The lowest BCUT2D eigenvalue weighted by molar-refractivity contribution is 0.117. The second-order valence-corrected chi connectivity index (χ2v) is 7.79. The summed E-state index contributed by atoms with van der Waals surface area (Å²) in [6, 6.07) is 24.9. The van der Waals surface area contributed by atoms with Gasteiger partial charge in [0.15, 0.2) is 0 Å². The zero-order valence-electron chi connectivity index (χ0n) is 18.0. The van der Waals surface area contributed by atoms with Crippen LogP contribution < -0.4 is 14.8 Å². The van der Waals surface area contributed by atoms with Crippen LogP contribution in [0.25, 0.3) is 0 Å². The van der Waals surface area contributed by atoms with Gasteiger partial charge in [0.05, 0.1) is 20.3 Å². The largest absolute Gasteiger partial charge is 0.496 e. The highest BCUT2D eigenvalue weighted by Gasteiger charge is 2.31. The molecule has 4 nitrogen and oxygen atoms in total. The summed E-state index contributed by atoms with van der Waals surface area (Å²) in [5.74, 6) is 1.88. The van der Waals surface area contributed by atoms with Gasteiger partial charge in [0.1, 0.15) is 11.5 Å². The molecule has 2 N–H and O–H groups in total. The van der Waals surface area contributed by atoms with Crippen molar-refractivity contribution in [1.82, 2.24) is 5.32 Å². The van der Waals surface area contributed by atoms with Gasteiger partial charge < -0.3 is 19.9 Å². The number of benzene rings is 3. The van der Waals surface area contributed by atoms with E-state index in [-0.39, 0.29) is 24.4 Å². The minimum Gasteiger partial charge on any atom is -0.496 e. The maximum atomic E-state index is 10.9. The Morgan fingerprint density at radius 2 is 1.29 bits per heavy atom. The fourth-order valence-corrected chi connectivity index (χ4v) is 4.46. The Labute approximate surface area is 190 Å². The lowest BCUT2D eigenvalue weighted by Crippen LogP contribution is -2.47. The van der Waals surface area contributed by atoms with Gasteiger partial charge in [-0.1, -0.05) is 60.7 Å². The van der Waals surface area contributed by atoms with Gasteiger partial charge in [-0.25, -0.2) is 0 Å². The molecule has 0 heterocycles. The number of aliphatic hydroxyl groups excluding tert-OH is 1. The zero-order chi connectivity index (χ0) is 20.9. The van der Waals surface area contributed by atoms with E-state index in [0.717, 1.165) is 29.2 Å². The van der Waals surface area contributed by atoms with Crippen molar-refractivity contribution < 1.29 is 14.6 Å². The van der Waals surface area contributed by atoms with E-state index in [0.29, 0.717) is 12.8 Å². The third kappa shape index (κ3) is 5.04. The normalized spacial score (nSPS) is 17.5. The van der Waals surface area contributed by atoms with E-state index in [9.17, 15) is 5.11 Å². The second-order valence-electron chi connectivity index (χ2n) is 7.79. The number of fused-ring (bicyclic) bond motifs is 1. The van der Waals surface area contributed by atoms with Crippen LogP contribution >= 0.6 is 12.4 Å². The van der Waals surface area contributed by atoms with Gasteiger partial charge in [-0.2, -0.15) is 0 Å². The van der Waals surface area contributed by atoms with Crippen molar-refractivity contribution in [2.24, 2.45) is 0 Å². The summed E-state index contributed by atoms with van der Waals surface area (Å²) in [7, 11) is 3.36. The molecule has 0 saturated heterocycles. The van der Waals surface area contributed by atoms with Crippen LogP contribution in [0.1, 0.15) is 28.2 Å². The van der Waals surface area contributed by atoms with Gasteiger partial charge in [0.2, 0.25) is 0 Å². The lowest BCUT2D eigenvalue weighted by atomic mass is 9.84. The number of rotatable bonds is 7. The van der Waals surface area contributed by atoms with E-state index >= 15 is 0 Å². The predicted octanol–water partition coefficient (Wildman–Crippen LogP) is 4.38. The first-order valence-electron chi connectivity index (χ1n) is 10.4. The average molecular weight is 440 g/mol. The van der Waals surface area contributed by atoms with Crippen molar-refractivity contribution in [3.63, 3.8) is 0 Å². The van der Waals surface area contributed by atoms with E-state index in [1.807, 2.05) is 24.3 Å². The van der Waals surface area contributed by atoms with Gasteiger partial charge >= 0.3 is 0 Å². The van der Waals surface area contributed by atoms with Crippen LogP contribution in [0.5, 0.6) is 11.5 Å². The van der Waals surface area contributed by atoms with Crippen LogP contribution in [0.3, 0.4) is 0 Å². The third-order valence-electron chi connectivity index (χ3n) is 6.07. The molecule has 164 valence electrons. The predicted molar refractivity (Wildman–Crippen MR) is 127 cm³/mol. The second kappa shape index (κ2) is 10.7. The molecule has 5 heteroatoms. The fourth-order valence-electron chi connectivity index (χ4n) is 4.46. The van der Waals surface area contributed by atoms with E-state index in [4.69, 9.17) is 9.47 Å². The molecule has 3 aromatic rings. The summed E-state index contributed by atoms with van der Waals surface area (Å²) >= 11 is 0. The average Bonchev–Trinajstić information content (AvgIpc) is 2.80. The molecule has 1 aliphatic carbocycles. The smallest absolute Gasteiger partial charge is 0.122 e. The molecular formula is C26H30ClNO3. The molecule has 31 heavy (non-hydrogen) atoms. The molecule has 2 atom stereocenters. The summed E-state index contributed by atoms with van der Waals surface area (Å²) < 4.78 is 11.1. The molecule has 0 amide bonds. The quantitative estimate of drug-likeness (QED) is 0.573. The molecule has 4 rings (SSSR count). The Hall–Kier alpha value is -2.53. The molecule has 0 radical (unpaired) electrons. The lowest BCUT2D eigenvalue weighted by Gasteiger charge is -2.33. The number of nitrogens with one attached hydrogen (secondary N) is 1. The van der Waals surface area contributed by atoms with Gasteiger partial charge in [-0.05, 0) is 29.7 Å². The van der Waals surface area contributed by atoms with Gasteiger partial charge in [-0.3, -0.25) is 0 Å².